The van der Waals surface area contributed by atoms with Crippen molar-refractivity contribution >= 4 is 22.1 Å². The lowest BCUT2D eigenvalue weighted by Crippen LogP contribution is -2.34. The Morgan fingerprint density at radius 3 is 1.56 bits per heavy atom. The summed E-state index contributed by atoms with van der Waals surface area (Å²) in [4.78, 5) is 23.5. The molecular formula is C26H48O7S. The molecule has 0 bridgehead atoms. The summed E-state index contributed by atoms with van der Waals surface area (Å²) in [5, 5.41) is -1.96. The van der Waals surface area contributed by atoms with Gasteiger partial charge in [0.25, 0.3) is 10.1 Å². The van der Waals surface area contributed by atoms with Crippen molar-refractivity contribution in [2.45, 2.75) is 135 Å². The van der Waals surface area contributed by atoms with Gasteiger partial charge in [0.05, 0.1) is 19.3 Å². The molecule has 0 aromatic heterocycles. The lowest BCUT2D eigenvalue weighted by Gasteiger charge is -2.12. The number of carbonyl (C=O) groups excluding carboxylic acids is 2. The minimum atomic E-state index is -4.76. The van der Waals surface area contributed by atoms with Gasteiger partial charge in [-0.25, -0.2) is 0 Å². The van der Waals surface area contributed by atoms with Gasteiger partial charge < -0.3 is 9.47 Å². The zero-order valence-corrected chi connectivity index (χ0v) is 22.3. The van der Waals surface area contributed by atoms with Gasteiger partial charge in [0.2, 0.25) is 0 Å². The van der Waals surface area contributed by atoms with E-state index in [0.717, 1.165) is 25.5 Å². The lowest BCUT2D eigenvalue weighted by molar-refractivity contribution is -0.147. The smallest absolute Gasteiger partial charge is 0.327 e. The van der Waals surface area contributed by atoms with Crippen molar-refractivity contribution in [1.29, 1.82) is 0 Å². The van der Waals surface area contributed by atoms with Crippen LogP contribution in [0.4, 0.5) is 0 Å². The molecule has 7 nitrogen and oxygen atoms in total. The third-order valence-corrected chi connectivity index (χ3v) is 6.88. The molecule has 34 heavy (non-hydrogen) atoms. The first kappa shape index (κ1) is 32.6. The van der Waals surface area contributed by atoms with Crippen LogP contribution < -0.4 is 0 Å². The van der Waals surface area contributed by atoms with Crippen LogP contribution in [0.15, 0.2) is 12.3 Å². The Bertz CT molecular complexity index is 644. The summed E-state index contributed by atoms with van der Waals surface area (Å²) in [6, 6.07) is 0. The molecule has 0 radical (unpaired) electrons. The summed E-state index contributed by atoms with van der Waals surface area (Å²) < 4.78 is 41.6. The van der Waals surface area contributed by atoms with E-state index in [2.05, 4.69) is 11.7 Å². The first-order valence-electron chi connectivity index (χ1n) is 13.3. The largest absolute Gasteiger partial charge is 0.465 e. The van der Waals surface area contributed by atoms with E-state index in [1.165, 1.54) is 89.5 Å². The minimum Gasteiger partial charge on any atom is -0.465 e. The molecule has 0 saturated carbocycles. The van der Waals surface area contributed by atoms with Crippen LogP contribution in [0, 0.1) is 0 Å². The van der Waals surface area contributed by atoms with E-state index >= 15 is 0 Å². The van der Waals surface area contributed by atoms with E-state index in [-0.39, 0.29) is 6.61 Å². The highest BCUT2D eigenvalue weighted by Crippen LogP contribution is 2.14. The average molecular weight is 505 g/mol. The van der Waals surface area contributed by atoms with Crippen LogP contribution >= 0.6 is 0 Å². The molecule has 8 heteroatoms. The second kappa shape index (κ2) is 22.1. The Morgan fingerprint density at radius 1 is 0.765 bits per heavy atom. The molecule has 0 spiro atoms. The fraction of sp³-hybridized carbons (Fsp3) is 0.846. The van der Waals surface area contributed by atoms with Gasteiger partial charge in [0, 0.05) is 0 Å². The van der Waals surface area contributed by atoms with Crippen molar-refractivity contribution in [3.05, 3.63) is 12.3 Å². The quantitative estimate of drug-likeness (QED) is 0.0697. The highest BCUT2D eigenvalue weighted by molar-refractivity contribution is 7.87. The van der Waals surface area contributed by atoms with Crippen LogP contribution in [0.3, 0.4) is 0 Å². The molecule has 0 saturated heterocycles. The molecule has 0 amide bonds. The number of allylic oxidation sites excluding steroid dienone is 1. The van der Waals surface area contributed by atoms with Crippen LogP contribution in [0.2, 0.25) is 0 Å². The fourth-order valence-electron chi connectivity index (χ4n) is 3.75. The highest BCUT2D eigenvalue weighted by atomic mass is 32.2. The second-order valence-corrected chi connectivity index (χ2v) is 10.6. The van der Waals surface area contributed by atoms with Crippen molar-refractivity contribution in [1.82, 2.24) is 0 Å². The van der Waals surface area contributed by atoms with Gasteiger partial charge in [-0.3, -0.25) is 14.1 Å². The molecule has 0 fully saturated rings. The standard InChI is InChI=1S/C26H48O7S/c1-3-5-6-7-8-9-10-11-12-13-14-15-16-17-18-19-20-22-33-26(28)24(34(29,30)31)23-25(27)32-21-4-2/h4,21,24H,3,5-20,22-23H2,1-2H3,(H,29,30,31)/b21-4+. The van der Waals surface area contributed by atoms with Crippen molar-refractivity contribution < 1.29 is 32.0 Å². The van der Waals surface area contributed by atoms with Gasteiger partial charge in [-0.05, 0) is 13.3 Å². The zero-order chi connectivity index (χ0) is 25.5. The maximum atomic E-state index is 12.0. The summed E-state index contributed by atoms with van der Waals surface area (Å²) in [6.07, 6.45) is 22.8. The first-order chi connectivity index (χ1) is 16.3. The number of carbonyl (C=O) groups is 2. The number of rotatable bonds is 23. The fourth-order valence-corrected chi connectivity index (χ4v) is 4.40. The van der Waals surface area contributed by atoms with E-state index in [0.29, 0.717) is 6.42 Å². The van der Waals surface area contributed by atoms with Crippen molar-refractivity contribution in [3.63, 3.8) is 0 Å². The molecule has 0 heterocycles. The van der Waals surface area contributed by atoms with Crippen LogP contribution in [0.25, 0.3) is 0 Å². The molecule has 1 unspecified atom stereocenters. The monoisotopic (exact) mass is 504 g/mol. The van der Waals surface area contributed by atoms with E-state index in [9.17, 15) is 22.6 Å². The Labute approximate surface area is 207 Å². The Hall–Kier alpha value is -1.41. The van der Waals surface area contributed by atoms with Crippen LogP contribution in [-0.4, -0.2) is 36.8 Å². The lowest BCUT2D eigenvalue weighted by atomic mass is 10.0. The molecule has 0 aromatic rings. The first-order valence-corrected chi connectivity index (χ1v) is 14.8. The summed E-state index contributed by atoms with van der Waals surface area (Å²) >= 11 is 0. The third-order valence-electron chi connectivity index (χ3n) is 5.80. The van der Waals surface area contributed by atoms with Crippen LogP contribution in [0.5, 0.6) is 0 Å². The molecule has 200 valence electrons. The number of hydrogen-bond acceptors (Lipinski definition) is 6. The van der Waals surface area contributed by atoms with Crippen molar-refractivity contribution in [3.8, 4) is 0 Å². The molecular weight excluding hydrogens is 456 g/mol. The SMILES string of the molecule is C/C=C/OC(=O)CC(C(=O)OCCCCCCCCCCCCCCCCCCC)S(=O)(=O)O. The van der Waals surface area contributed by atoms with E-state index in [4.69, 9.17) is 4.74 Å². The predicted octanol–water partition coefficient (Wildman–Crippen LogP) is 6.90. The molecule has 0 aromatic carbocycles. The van der Waals surface area contributed by atoms with Gasteiger partial charge in [-0.1, -0.05) is 116 Å². The summed E-state index contributed by atoms with van der Waals surface area (Å²) in [6.45, 7) is 3.93. The molecule has 1 atom stereocenters. The Balaban J connectivity index is 3.65. The second-order valence-electron chi connectivity index (χ2n) is 8.99. The van der Waals surface area contributed by atoms with E-state index < -0.39 is 33.7 Å². The molecule has 0 aliphatic rings. The van der Waals surface area contributed by atoms with Crippen molar-refractivity contribution in [2.75, 3.05) is 6.61 Å². The third kappa shape index (κ3) is 20.0. The van der Waals surface area contributed by atoms with Gasteiger partial charge in [-0.2, -0.15) is 8.42 Å². The van der Waals surface area contributed by atoms with Crippen molar-refractivity contribution in [2.24, 2.45) is 0 Å². The molecule has 0 rings (SSSR count). The van der Waals surface area contributed by atoms with Crippen LogP contribution in [0.1, 0.15) is 129 Å². The number of hydrogen-bond donors (Lipinski definition) is 1. The predicted molar refractivity (Wildman–Crippen MR) is 136 cm³/mol. The molecule has 0 aliphatic heterocycles. The van der Waals surface area contributed by atoms with Gasteiger partial charge in [0.1, 0.15) is 0 Å². The summed E-state index contributed by atoms with van der Waals surface area (Å²) in [5.41, 5.74) is 0. The minimum absolute atomic E-state index is 0.0629. The van der Waals surface area contributed by atoms with Gasteiger partial charge in [-0.15, -0.1) is 0 Å². The summed E-state index contributed by atoms with van der Waals surface area (Å²) in [5.74, 6) is -2.06. The summed E-state index contributed by atoms with van der Waals surface area (Å²) in [7, 11) is -4.76. The van der Waals surface area contributed by atoms with E-state index in [1.54, 1.807) is 6.92 Å². The maximum Gasteiger partial charge on any atom is 0.327 e. The van der Waals surface area contributed by atoms with Gasteiger partial charge in [0.15, 0.2) is 5.25 Å². The maximum absolute atomic E-state index is 12.0. The highest BCUT2D eigenvalue weighted by Gasteiger charge is 2.35. The number of esters is 2. The molecule has 0 aliphatic carbocycles. The molecule has 1 N–H and O–H groups in total. The van der Waals surface area contributed by atoms with E-state index in [1.807, 2.05) is 0 Å². The topological polar surface area (TPSA) is 107 Å². The zero-order valence-electron chi connectivity index (χ0n) is 21.5. The van der Waals surface area contributed by atoms with Crippen LogP contribution in [-0.2, 0) is 29.2 Å². The Morgan fingerprint density at radius 2 is 1.18 bits per heavy atom. The van der Waals surface area contributed by atoms with Gasteiger partial charge >= 0.3 is 11.9 Å². The normalized spacial score (nSPS) is 12.7. The average Bonchev–Trinajstić information content (AvgIpc) is 2.79. The number of ether oxygens (including phenoxy) is 2. The Kier molecular flexibility index (Phi) is 21.2. The number of unbranched alkanes of at least 4 members (excludes halogenated alkanes) is 16.